The second-order valence-electron chi connectivity index (χ2n) is 6.42. The number of aromatic nitrogens is 2. The number of hydrogen-bond donors (Lipinski definition) is 2. The van der Waals surface area contributed by atoms with Gasteiger partial charge in [-0.2, -0.15) is 10.2 Å². The van der Waals surface area contributed by atoms with Gasteiger partial charge in [-0.15, -0.1) is 11.3 Å². The van der Waals surface area contributed by atoms with E-state index in [1.165, 1.54) is 17.6 Å². The monoisotopic (exact) mass is 390 g/mol. The van der Waals surface area contributed by atoms with Crippen molar-refractivity contribution in [1.82, 2.24) is 15.2 Å². The lowest BCUT2D eigenvalue weighted by Gasteiger charge is -2.01. The molecule has 1 amide bonds. The zero-order valence-corrected chi connectivity index (χ0v) is 16.2. The van der Waals surface area contributed by atoms with Crippen molar-refractivity contribution >= 4 is 33.7 Å². The lowest BCUT2D eigenvalue weighted by atomic mass is 10.1. The Hall–Kier alpha value is -3.45. The molecule has 0 fully saturated rings. The highest BCUT2D eigenvalue weighted by atomic mass is 32.1. The number of benzene rings is 2. The molecule has 0 aliphatic carbocycles. The molecule has 4 rings (SSSR count). The maximum atomic E-state index is 12.5. The van der Waals surface area contributed by atoms with Crippen molar-refractivity contribution in [1.29, 1.82) is 0 Å². The molecule has 0 radical (unpaired) electrons. The Labute approximate surface area is 165 Å². The number of thiophene rings is 1. The molecule has 2 aromatic heterocycles. The van der Waals surface area contributed by atoms with Crippen molar-refractivity contribution < 1.29 is 9.90 Å². The van der Waals surface area contributed by atoms with E-state index in [-0.39, 0.29) is 11.7 Å². The molecular weight excluding hydrogens is 372 g/mol. The van der Waals surface area contributed by atoms with Crippen LogP contribution in [0.5, 0.6) is 5.75 Å². The number of amides is 1. The summed E-state index contributed by atoms with van der Waals surface area (Å²) in [6.45, 7) is 3.85. The zero-order valence-electron chi connectivity index (χ0n) is 15.4. The number of nitrogens with zero attached hydrogens (tertiary/aromatic N) is 3. The first-order valence-electron chi connectivity index (χ1n) is 8.70. The van der Waals surface area contributed by atoms with Crippen LogP contribution in [0, 0.1) is 13.8 Å². The highest BCUT2D eigenvalue weighted by Crippen LogP contribution is 2.30. The molecule has 0 saturated heterocycles. The Morgan fingerprint density at radius 1 is 1.18 bits per heavy atom. The number of aromatic hydroxyl groups is 1. The van der Waals surface area contributed by atoms with E-state index < -0.39 is 0 Å². The highest BCUT2D eigenvalue weighted by Gasteiger charge is 2.16. The van der Waals surface area contributed by atoms with E-state index in [1.54, 1.807) is 18.2 Å². The summed E-state index contributed by atoms with van der Waals surface area (Å²) in [4.78, 5) is 14.0. The van der Waals surface area contributed by atoms with Crippen molar-refractivity contribution in [3.05, 3.63) is 76.3 Å². The smallest absolute Gasteiger partial charge is 0.281 e. The quantitative estimate of drug-likeness (QED) is 0.405. The van der Waals surface area contributed by atoms with E-state index in [0.29, 0.717) is 10.4 Å². The third-order valence-electron chi connectivity index (χ3n) is 4.32. The van der Waals surface area contributed by atoms with Gasteiger partial charge in [0.2, 0.25) is 0 Å². The number of phenolic OH excluding ortho intramolecular Hbond substituents is 1. The fraction of sp³-hybridized carbons (Fsp3) is 0.0952. The highest BCUT2D eigenvalue weighted by molar-refractivity contribution is 7.20. The van der Waals surface area contributed by atoms with E-state index >= 15 is 0 Å². The summed E-state index contributed by atoms with van der Waals surface area (Å²) in [5.74, 6) is -0.187. The summed E-state index contributed by atoms with van der Waals surface area (Å²) in [7, 11) is 0. The Morgan fingerprint density at radius 2 is 1.96 bits per heavy atom. The number of rotatable bonds is 4. The number of para-hydroxylation sites is 1. The molecule has 28 heavy (non-hydrogen) atoms. The average molecular weight is 390 g/mol. The van der Waals surface area contributed by atoms with Gasteiger partial charge in [0.1, 0.15) is 10.6 Å². The zero-order chi connectivity index (χ0) is 19.7. The fourth-order valence-corrected chi connectivity index (χ4v) is 3.97. The summed E-state index contributed by atoms with van der Waals surface area (Å²) in [6, 6.07) is 16.8. The molecule has 7 heteroatoms. The van der Waals surface area contributed by atoms with Gasteiger partial charge < -0.3 is 5.11 Å². The van der Waals surface area contributed by atoms with Crippen LogP contribution < -0.4 is 5.43 Å². The molecule has 4 aromatic rings. The molecule has 0 saturated carbocycles. The van der Waals surface area contributed by atoms with Gasteiger partial charge in [0, 0.05) is 10.9 Å². The molecule has 2 aromatic carbocycles. The van der Waals surface area contributed by atoms with Crippen LogP contribution in [-0.4, -0.2) is 27.0 Å². The third kappa shape index (κ3) is 3.39. The Balaban J connectivity index is 1.58. The lowest BCUT2D eigenvalue weighted by molar-refractivity contribution is 0.0959. The normalized spacial score (nSPS) is 11.4. The molecule has 6 nitrogen and oxygen atoms in total. The Bertz CT molecular complexity index is 1190. The first kappa shape index (κ1) is 17.9. The predicted molar refractivity (Wildman–Crippen MR) is 112 cm³/mol. The van der Waals surface area contributed by atoms with Gasteiger partial charge in [-0.25, -0.2) is 10.1 Å². The van der Waals surface area contributed by atoms with Crippen LogP contribution in [0.3, 0.4) is 0 Å². The lowest BCUT2D eigenvalue weighted by Crippen LogP contribution is -2.16. The summed E-state index contributed by atoms with van der Waals surface area (Å²) >= 11 is 1.36. The van der Waals surface area contributed by atoms with Crippen LogP contribution in [0.4, 0.5) is 0 Å². The minimum atomic E-state index is -0.302. The molecule has 2 N–H and O–H groups in total. The first-order chi connectivity index (χ1) is 13.5. The van der Waals surface area contributed by atoms with Gasteiger partial charge in [-0.05, 0) is 44.2 Å². The molecule has 0 atom stereocenters. The number of carbonyl (C=O) groups is 1. The van der Waals surface area contributed by atoms with Gasteiger partial charge in [-0.1, -0.05) is 29.8 Å². The van der Waals surface area contributed by atoms with Crippen molar-refractivity contribution in [2.45, 2.75) is 13.8 Å². The molecule has 0 aliphatic rings. The number of phenols is 1. The number of hydrogen-bond acceptors (Lipinski definition) is 5. The molecule has 0 unspecified atom stereocenters. The van der Waals surface area contributed by atoms with Crippen molar-refractivity contribution in [2.24, 2.45) is 5.10 Å². The summed E-state index contributed by atoms with van der Waals surface area (Å²) in [6.07, 6.45) is 1.44. The van der Waals surface area contributed by atoms with Crippen molar-refractivity contribution in [3.8, 4) is 11.4 Å². The van der Waals surface area contributed by atoms with E-state index in [2.05, 4.69) is 15.6 Å². The van der Waals surface area contributed by atoms with Gasteiger partial charge in [0.05, 0.1) is 22.5 Å². The van der Waals surface area contributed by atoms with Crippen molar-refractivity contribution in [3.63, 3.8) is 0 Å². The Morgan fingerprint density at radius 3 is 2.75 bits per heavy atom. The van der Waals surface area contributed by atoms with E-state index in [9.17, 15) is 9.90 Å². The van der Waals surface area contributed by atoms with Gasteiger partial charge in [0.15, 0.2) is 0 Å². The molecule has 2 heterocycles. The van der Waals surface area contributed by atoms with Gasteiger partial charge in [-0.3, -0.25) is 4.79 Å². The van der Waals surface area contributed by atoms with Gasteiger partial charge >= 0.3 is 0 Å². The van der Waals surface area contributed by atoms with Crippen LogP contribution in [0.2, 0.25) is 0 Å². The van der Waals surface area contributed by atoms with Crippen LogP contribution >= 0.6 is 11.3 Å². The maximum Gasteiger partial charge on any atom is 0.281 e. The van der Waals surface area contributed by atoms with Gasteiger partial charge in [0.25, 0.3) is 5.91 Å². The second-order valence-corrected chi connectivity index (χ2v) is 7.45. The van der Waals surface area contributed by atoms with E-state index in [4.69, 9.17) is 0 Å². The topological polar surface area (TPSA) is 79.5 Å². The van der Waals surface area contributed by atoms with Crippen molar-refractivity contribution in [2.75, 3.05) is 0 Å². The first-order valence-corrected chi connectivity index (χ1v) is 9.52. The number of carbonyl (C=O) groups excluding carboxylic acids is 1. The number of hydrazone groups is 1. The van der Waals surface area contributed by atoms with E-state index in [0.717, 1.165) is 27.2 Å². The van der Waals surface area contributed by atoms with Crippen LogP contribution in [0.25, 0.3) is 15.9 Å². The average Bonchev–Trinajstić information content (AvgIpc) is 3.26. The molecule has 140 valence electrons. The van der Waals surface area contributed by atoms with Crippen LogP contribution in [-0.2, 0) is 0 Å². The molecule has 0 aliphatic heterocycles. The van der Waals surface area contributed by atoms with Crippen LogP contribution in [0.1, 0.15) is 26.5 Å². The predicted octanol–water partition coefficient (Wildman–Crippen LogP) is 4.17. The number of nitrogens with one attached hydrogen (secondary N) is 1. The minimum Gasteiger partial charge on any atom is -0.507 e. The number of aryl methyl sites for hydroxylation is 2. The molecule has 0 bridgehead atoms. The largest absolute Gasteiger partial charge is 0.507 e. The standard InChI is InChI=1S/C21H18N4O2S/c1-13-8-9-18(26)15(10-13)12-22-23-20(27)19-11-17-14(2)24-25(21(17)28-19)16-6-4-3-5-7-16/h3-12,26H,1-2H3,(H,23,27)/b22-12+. The second kappa shape index (κ2) is 7.28. The molecular formula is C21H18N4O2S. The summed E-state index contributed by atoms with van der Waals surface area (Å²) in [5, 5.41) is 19.3. The third-order valence-corrected chi connectivity index (χ3v) is 5.43. The SMILES string of the molecule is Cc1ccc(O)c(/C=N/NC(=O)c2cc3c(C)nn(-c4ccccc4)c3s2)c1. The number of fused-ring (bicyclic) bond motifs is 1. The van der Waals surface area contributed by atoms with E-state index in [1.807, 2.05) is 54.9 Å². The fourth-order valence-electron chi connectivity index (χ4n) is 2.90. The summed E-state index contributed by atoms with van der Waals surface area (Å²) < 4.78 is 1.85. The Kier molecular flexibility index (Phi) is 4.67. The molecule has 0 spiro atoms. The van der Waals surface area contributed by atoms with Crippen LogP contribution in [0.15, 0.2) is 59.7 Å². The maximum absolute atomic E-state index is 12.5. The minimum absolute atomic E-state index is 0.115. The summed E-state index contributed by atoms with van der Waals surface area (Å²) in [5.41, 5.74) is 5.88.